The number of nitrogens with zero attached hydrogens (tertiary/aromatic N) is 3. The van der Waals surface area contributed by atoms with Crippen LogP contribution >= 0.6 is 0 Å². The number of imidazole rings is 1. The minimum atomic E-state index is -1.17. The Balaban J connectivity index is 1.64. The van der Waals surface area contributed by atoms with E-state index in [1.165, 1.54) is 6.92 Å². The molecule has 4 rings (SSSR count). The Morgan fingerprint density at radius 3 is 2.49 bits per heavy atom. The quantitative estimate of drug-likeness (QED) is 0.215. The summed E-state index contributed by atoms with van der Waals surface area (Å²) in [6.45, 7) is 14.3. The molecule has 0 saturated carbocycles. The Labute approximate surface area is 302 Å². The van der Waals surface area contributed by atoms with Crippen LogP contribution in [0.15, 0.2) is 12.4 Å². The maximum Gasteiger partial charge on any atom is 0.408 e. The number of nitrogens with one attached hydrogen (secondary N) is 3. The molecule has 290 valence electrons. The molecule has 15 nitrogen and oxygen atoms in total. The van der Waals surface area contributed by atoms with Crippen molar-refractivity contribution in [2.45, 2.75) is 134 Å². The van der Waals surface area contributed by atoms with E-state index in [4.69, 9.17) is 23.7 Å². The first-order valence-electron chi connectivity index (χ1n) is 18.3. The van der Waals surface area contributed by atoms with Gasteiger partial charge in [0.05, 0.1) is 30.4 Å². The number of aliphatic hydroxyl groups is 1. The van der Waals surface area contributed by atoms with E-state index >= 15 is 0 Å². The van der Waals surface area contributed by atoms with Crippen LogP contribution in [-0.4, -0.2) is 132 Å². The van der Waals surface area contributed by atoms with E-state index in [1.807, 2.05) is 57.6 Å². The molecule has 1 aromatic heterocycles. The van der Waals surface area contributed by atoms with Gasteiger partial charge >= 0.3 is 12.1 Å². The van der Waals surface area contributed by atoms with Crippen molar-refractivity contribution >= 4 is 17.8 Å². The first kappa shape index (κ1) is 41.1. The van der Waals surface area contributed by atoms with Gasteiger partial charge in [-0.3, -0.25) is 9.59 Å². The number of rotatable bonds is 9. The Morgan fingerprint density at radius 2 is 1.88 bits per heavy atom. The summed E-state index contributed by atoms with van der Waals surface area (Å²) in [6.07, 6.45) is 0.255. The highest BCUT2D eigenvalue weighted by Crippen LogP contribution is 2.37. The van der Waals surface area contributed by atoms with E-state index in [2.05, 4.69) is 27.9 Å². The molecule has 0 aromatic carbocycles. The fraction of sp³-hybridized carbons (Fsp3) is 0.833. The van der Waals surface area contributed by atoms with Crippen LogP contribution in [0.25, 0.3) is 0 Å². The highest BCUT2D eigenvalue weighted by Gasteiger charge is 2.55. The van der Waals surface area contributed by atoms with E-state index in [0.29, 0.717) is 38.9 Å². The first-order valence-corrected chi connectivity index (χ1v) is 18.3. The molecule has 4 unspecified atom stereocenters. The van der Waals surface area contributed by atoms with Gasteiger partial charge in [-0.25, -0.2) is 9.78 Å². The Kier molecular flexibility index (Phi) is 13.7. The number of amides is 1. The predicted molar refractivity (Wildman–Crippen MR) is 189 cm³/mol. The fourth-order valence-corrected chi connectivity index (χ4v) is 8.07. The maximum absolute atomic E-state index is 14.3. The third-order valence-electron chi connectivity index (χ3n) is 11.3. The molecule has 3 aliphatic rings. The number of Topliss-reactive ketones (excluding diaryl/α,β-unsaturated/α-hetero) is 1. The number of likely N-dealkylation sites (N-methyl/N-ethyl adjacent to an activating group) is 1. The molecular formula is C36H62N6O9. The molecule has 51 heavy (non-hydrogen) atoms. The molecule has 1 amide bonds. The second-order valence-electron chi connectivity index (χ2n) is 15.5. The predicted octanol–water partition coefficient (Wildman–Crippen LogP) is 1.75. The van der Waals surface area contributed by atoms with E-state index in [9.17, 15) is 19.5 Å². The van der Waals surface area contributed by atoms with Crippen molar-refractivity contribution in [3.63, 3.8) is 0 Å². The lowest BCUT2D eigenvalue weighted by Crippen LogP contribution is -2.60. The molecule has 13 atom stereocenters. The lowest BCUT2D eigenvalue weighted by atomic mass is 9.78. The number of ether oxygens (including phenoxy) is 5. The summed E-state index contributed by atoms with van der Waals surface area (Å²) in [5.74, 6) is -2.26. The third-order valence-corrected chi connectivity index (χ3v) is 11.3. The van der Waals surface area contributed by atoms with Gasteiger partial charge in [0.25, 0.3) is 0 Å². The number of hydrogen-bond donors (Lipinski definition) is 4. The monoisotopic (exact) mass is 722 g/mol. The smallest absolute Gasteiger partial charge is 0.408 e. The van der Waals surface area contributed by atoms with Crippen LogP contribution in [0.1, 0.15) is 73.6 Å². The number of alkyl carbamates (subject to hydrolysis) is 1. The number of esters is 1. The van der Waals surface area contributed by atoms with Crippen LogP contribution in [0.2, 0.25) is 0 Å². The van der Waals surface area contributed by atoms with E-state index in [-0.39, 0.29) is 24.1 Å². The fourth-order valence-electron chi connectivity index (χ4n) is 8.07. The van der Waals surface area contributed by atoms with Crippen molar-refractivity contribution < 1.29 is 43.2 Å². The molecule has 1 aromatic rings. The van der Waals surface area contributed by atoms with Crippen molar-refractivity contribution in [1.82, 2.24) is 30.4 Å². The normalized spacial score (nSPS) is 40.2. The van der Waals surface area contributed by atoms with Crippen LogP contribution in [0.5, 0.6) is 0 Å². The minimum Gasteiger partial charge on any atom is -0.458 e. The number of carbonyl (C=O) groups excluding carboxylic acids is 3. The van der Waals surface area contributed by atoms with Crippen molar-refractivity contribution in [3.8, 4) is 0 Å². The zero-order valence-electron chi connectivity index (χ0n) is 32.3. The lowest BCUT2D eigenvalue weighted by molar-refractivity contribution is -0.297. The van der Waals surface area contributed by atoms with Gasteiger partial charge in [-0.1, -0.05) is 20.8 Å². The highest BCUT2D eigenvalue weighted by atomic mass is 16.7. The van der Waals surface area contributed by atoms with Gasteiger partial charge in [0, 0.05) is 51.1 Å². The topological polar surface area (TPSA) is 175 Å². The summed E-state index contributed by atoms with van der Waals surface area (Å²) in [5.41, 5.74) is -2.22. The molecule has 3 aliphatic heterocycles. The summed E-state index contributed by atoms with van der Waals surface area (Å²) >= 11 is 0. The zero-order chi connectivity index (χ0) is 37.8. The van der Waals surface area contributed by atoms with Gasteiger partial charge < -0.3 is 54.2 Å². The van der Waals surface area contributed by atoms with E-state index in [1.54, 1.807) is 27.2 Å². The number of fused-ring (bicyclic) bond motifs is 1. The minimum absolute atomic E-state index is 0.00674. The number of cyclic esters (lactones) is 1. The van der Waals surface area contributed by atoms with Gasteiger partial charge in [-0.15, -0.1) is 0 Å². The largest absolute Gasteiger partial charge is 0.458 e. The van der Waals surface area contributed by atoms with Crippen LogP contribution < -0.4 is 16.0 Å². The molecule has 0 spiro atoms. The second-order valence-corrected chi connectivity index (χ2v) is 15.5. The van der Waals surface area contributed by atoms with Gasteiger partial charge in [0.1, 0.15) is 24.0 Å². The number of hydrogen-bond acceptors (Lipinski definition) is 13. The highest BCUT2D eigenvalue weighted by molar-refractivity contribution is 6.00. The average Bonchev–Trinajstić information content (AvgIpc) is 3.64. The number of methoxy groups -OCH3 is 1. The number of aromatic nitrogens is 2. The number of aryl methyl sites for hydroxylation is 1. The van der Waals surface area contributed by atoms with Crippen LogP contribution in [-0.2, 0) is 46.9 Å². The summed E-state index contributed by atoms with van der Waals surface area (Å²) in [7, 11) is 7.32. The average molecular weight is 723 g/mol. The summed E-state index contributed by atoms with van der Waals surface area (Å²) in [5, 5.41) is 21.5. The number of aliphatic hydroxyl groups excluding tert-OH is 1. The maximum atomic E-state index is 14.3. The molecule has 0 aliphatic carbocycles. The molecule has 3 fully saturated rings. The van der Waals surface area contributed by atoms with Gasteiger partial charge in [0.2, 0.25) is 0 Å². The molecule has 0 bridgehead atoms. The van der Waals surface area contributed by atoms with E-state index < -0.39 is 71.5 Å². The van der Waals surface area contributed by atoms with Crippen molar-refractivity contribution in [1.29, 1.82) is 0 Å². The van der Waals surface area contributed by atoms with E-state index in [0.717, 1.165) is 5.82 Å². The van der Waals surface area contributed by atoms with Gasteiger partial charge in [0.15, 0.2) is 17.7 Å². The standard InChI is InChI=1S/C36H62N6O9/c1-12-26-36(7)30(40-34(46)51-36)23(5)39-17-20(2)16-35(6,47-11)31(21(3)28(43)22(4)32(45)49-26)50-33-29(44)25(41(8)9)15-24(48-33)18-37-19-27-38-13-14-42(27)10/h13-14,20-26,29-31,33,37,39,44H,12,15-19H2,1-11H3,(H,40,46)/t20-,21+,22?,23-,24?,25?,26-,29?,30-,31-,33+,35-,36-/m1/s1. The Hall–Kier alpha value is -2.66. The third kappa shape index (κ3) is 9.11. The van der Waals surface area contributed by atoms with Gasteiger partial charge in [-0.05, 0) is 73.5 Å². The molecular weight excluding hydrogens is 660 g/mol. The summed E-state index contributed by atoms with van der Waals surface area (Å²) in [4.78, 5) is 46.8. The van der Waals surface area contributed by atoms with Crippen LogP contribution in [0, 0.1) is 17.8 Å². The zero-order valence-corrected chi connectivity index (χ0v) is 32.3. The Bertz CT molecular complexity index is 1350. The van der Waals surface area contributed by atoms with Crippen molar-refractivity contribution in [3.05, 3.63) is 18.2 Å². The summed E-state index contributed by atoms with van der Waals surface area (Å²) < 4.78 is 33.1. The van der Waals surface area contributed by atoms with Crippen molar-refractivity contribution in [2.24, 2.45) is 24.8 Å². The molecule has 4 heterocycles. The summed E-state index contributed by atoms with van der Waals surface area (Å²) in [6, 6.07) is -1.05. The second kappa shape index (κ2) is 17.0. The molecule has 0 radical (unpaired) electrons. The van der Waals surface area contributed by atoms with Gasteiger partial charge in [-0.2, -0.15) is 0 Å². The lowest BCUT2D eigenvalue weighted by Gasteiger charge is -2.47. The van der Waals surface area contributed by atoms with Crippen LogP contribution in [0.4, 0.5) is 4.79 Å². The molecule has 4 N–H and O–H groups in total. The number of ketones is 1. The molecule has 3 saturated heterocycles. The number of carbonyl (C=O) groups is 3. The molecule has 15 heteroatoms. The Morgan fingerprint density at radius 1 is 1.18 bits per heavy atom. The SMILES string of the molecule is CC[C@H]1OC(=O)C(C)C(=O)[C@H](C)[C@@H](O[C@@H]2OC(CNCc3nccn3C)CC(N(C)C)C2O)[C@](C)(OC)C[C@@H](C)CN[C@H](C)[C@H]2NC(=O)O[C@@]21C. The van der Waals surface area contributed by atoms with Crippen LogP contribution in [0.3, 0.4) is 0 Å². The van der Waals surface area contributed by atoms with Crippen molar-refractivity contribution in [2.75, 3.05) is 34.3 Å². The first-order chi connectivity index (χ1) is 23.9.